The molecule has 140 valence electrons. The van der Waals surface area contributed by atoms with Gasteiger partial charge in [-0.25, -0.2) is 0 Å². The number of hydrogen-bond donors (Lipinski definition) is 4. The fourth-order valence-corrected chi connectivity index (χ4v) is 2.84. The summed E-state index contributed by atoms with van der Waals surface area (Å²) in [5, 5.41) is 51.2. The van der Waals surface area contributed by atoms with Crippen molar-refractivity contribution in [2.45, 2.75) is 62.7 Å². The zero-order valence-electron chi connectivity index (χ0n) is 16.0. The van der Waals surface area contributed by atoms with Crippen molar-refractivity contribution in [3.8, 4) is 24.3 Å². The molecule has 1 heterocycles. The fourth-order valence-electron chi connectivity index (χ4n) is 2.84. The van der Waals surface area contributed by atoms with E-state index in [-0.39, 0.29) is 0 Å². The van der Waals surface area contributed by atoms with Crippen molar-refractivity contribution in [1.82, 2.24) is 21.3 Å². The summed E-state index contributed by atoms with van der Waals surface area (Å²) in [6, 6.07) is 8.90. The number of nitrogens with zero attached hydrogens (tertiary/aromatic N) is 4. The highest BCUT2D eigenvalue weighted by molar-refractivity contribution is 5.28. The maximum atomic E-state index is 9.63. The first-order valence-corrected chi connectivity index (χ1v) is 8.81. The first-order valence-electron chi connectivity index (χ1n) is 8.81. The zero-order valence-corrected chi connectivity index (χ0v) is 16.0. The Balaban J connectivity index is 3.05. The minimum absolute atomic E-state index is 0.494. The summed E-state index contributed by atoms with van der Waals surface area (Å²) in [5.41, 5.74) is -4.23. The average Bonchev–Trinajstić information content (AvgIpc) is 2.65. The van der Waals surface area contributed by atoms with Gasteiger partial charge in [-0.3, -0.25) is 21.3 Å². The molecule has 0 aromatic heterocycles. The van der Waals surface area contributed by atoms with Gasteiger partial charge in [-0.2, -0.15) is 21.0 Å². The molecule has 1 aliphatic rings. The molecule has 26 heavy (non-hydrogen) atoms. The molecule has 0 spiro atoms. The highest BCUT2D eigenvalue weighted by Crippen LogP contribution is 2.23. The maximum absolute atomic E-state index is 9.63. The van der Waals surface area contributed by atoms with Crippen LogP contribution in [0.15, 0.2) is 0 Å². The second-order valence-corrected chi connectivity index (χ2v) is 7.36. The van der Waals surface area contributed by atoms with Crippen LogP contribution in [-0.4, -0.2) is 48.3 Å². The second-order valence-electron chi connectivity index (χ2n) is 7.36. The van der Waals surface area contributed by atoms with E-state index in [1.54, 1.807) is 27.7 Å². The molecule has 0 radical (unpaired) electrons. The first kappa shape index (κ1) is 21.8. The Morgan fingerprint density at radius 2 is 0.692 bits per heavy atom. The average molecular weight is 356 g/mol. The first-order chi connectivity index (χ1) is 12.2. The van der Waals surface area contributed by atoms with Crippen LogP contribution in [0.1, 0.15) is 40.5 Å². The van der Waals surface area contributed by atoms with E-state index < -0.39 is 22.2 Å². The molecule has 0 aliphatic carbocycles. The van der Waals surface area contributed by atoms with Gasteiger partial charge in [0.05, 0.1) is 24.3 Å². The van der Waals surface area contributed by atoms with E-state index in [2.05, 4.69) is 45.5 Å². The SMILES string of the molecule is CC1(C#N)NCCCNC(C)(C#N)C(C)(C#N)NCCCNC1(C)C#N. The summed E-state index contributed by atoms with van der Waals surface area (Å²) >= 11 is 0. The summed E-state index contributed by atoms with van der Waals surface area (Å²) in [6.07, 6.45) is 1.27. The maximum Gasteiger partial charge on any atom is 0.135 e. The van der Waals surface area contributed by atoms with Gasteiger partial charge in [0, 0.05) is 0 Å². The van der Waals surface area contributed by atoms with Gasteiger partial charge in [-0.05, 0) is 66.7 Å². The molecule has 0 saturated carbocycles. The highest BCUT2D eigenvalue weighted by atomic mass is 15.1. The molecule has 0 aromatic carbocycles. The normalized spacial score (nSPS) is 40.0. The lowest BCUT2D eigenvalue weighted by Crippen LogP contribution is -2.67. The molecule has 0 aromatic rings. The summed E-state index contributed by atoms with van der Waals surface area (Å²) in [7, 11) is 0. The Morgan fingerprint density at radius 1 is 0.500 bits per heavy atom. The molecular weight excluding hydrogens is 328 g/mol. The zero-order chi connectivity index (χ0) is 19.9. The molecule has 0 bridgehead atoms. The van der Waals surface area contributed by atoms with Gasteiger partial charge in [-0.1, -0.05) is 0 Å². The van der Waals surface area contributed by atoms with Crippen molar-refractivity contribution in [2.75, 3.05) is 26.2 Å². The van der Waals surface area contributed by atoms with Crippen molar-refractivity contribution in [2.24, 2.45) is 0 Å². The molecular formula is C18H28N8. The fraction of sp³-hybridized carbons (Fsp3) is 0.778. The van der Waals surface area contributed by atoms with Crippen molar-refractivity contribution in [3.05, 3.63) is 0 Å². The van der Waals surface area contributed by atoms with Crippen molar-refractivity contribution < 1.29 is 0 Å². The van der Waals surface area contributed by atoms with Crippen LogP contribution in [0.25, 0.3) is 0 Å². The van der Waals surface area contributed by atoms with E-state index >= 15 is 0 Å². The van der Waals surface area contributed by atoms with E-state index in [1.807, 2.05) is 0 Å². The number of hydrogen-bond acceptors (Lipinski definition) is 8. The molecule has 1 saturated heterocycles. The predicted molar refractivity (Wildman–Crippen MR) is 97.3 cm³/mol. The molecule has 4 unspecified atom stereocenters. The quantitative estimate of drug-likeness (QED) is 0.484. The lowest BCUT2D eigenvalue weighted by atomic mass is 9.80. The van der Waals surface area contributed by atoms with Gasteiger partial charge in [0.2, 0.25) is 0 Å². The lowest BCUT2D eigenvalue weighted by Gasteiger charge is -2.40. The molecule has 8 heteroatoms. The van der Waals surface area contributed by atoms with E-state index in [9.17, 15) is 21.0 Å². The van der Waals surface area contributed by atoms with Gasteiger partial charge in [0.15, 0.2) is 0 Å². The van der Waals surface area contributed by atoms with E-state index in [0.717, 1.165) is 0 Å². The Bertz CT molecular complexity index is 551. The smallest absolute Gasteiger partial charge is 0.135 e. The van der Waals surface area contributed by atoms with Crippen LogP contribution in [0.2, 0.25) is 0 Å². The van der Waals surface area contributed by atoms with Crippen LogP contribution >= 0.6 is 0 Å². The summed E-state index contributed by atoms with van der Waals surface area (Å²) in [4.78, 5) is 0. The van der Waals surface area contributed by atoms with Crippen LogP contribution < -0.4 is 21.3 Å². The van der Waals surface area contributed by atoms with E-state index in [1.165, 1.54) is 0 Å². The van der Waals surface area contributed by atoms with Gasteiger partial charge in [-0.15, -0.1) is 0 Å². The Hall–Kier alpha value is -2.20. The minimum Gasteiger partial charge on any atom is -0.297 e. The number of nitriles is 4. The highest BCUT2D eigenvalue weighted by Gasteiger charge is 2.47. The predicted octanol–water partition coefficient (Wildman–Crippen LogP) is 0.268. The van der Waals surface area contributed by atoms with Crippen molar-refractivity contribution in [1.29, 1.82) is 21.0 Å². The molecule has 8 nitrogen and oxygen atoms in total. The van der Waals surface area contributed by atoms with Crippen LogP contribution in [0.4, 0.5) is 0 Å². The van der Waals surface area contributed by atoms with E-state index in [4.69, 9.17) is 0 Å². The van der Waals surface area contributed by atoms with Gasteiger partial charge in [0.1, 0.15) is 22.2 Å². The minimum atomic E-state index is -1.06. The van der Waals surface area contributed by atoms with Crippen LogP contribution in [0, 0.1) is 45.3 Å². The molecule has 1 rings (SSSR count). The summed E-state index contributed by atoms with van der Waals surface area (Å²) in [6.45, 7) is 8.84. The second kappa shape index (κ2) is 8.45. The van der Waals surface area contributed by atoms with E-state index in [0.29, 0.717) is 39.0 Å². The van der Waals surface area contributed by atoms with Crippen LogP contribution in [0.5, 0.6) is 0 Å². The molecule has 1 aliphatic heterocycles. The Kier molecular flexibility index (Phi) is 7.10. The third-order valence-corrected chi connectivity index (χ3v) is 5.52. The van der Waals surface area contributed by atoms with Gasteiger partial charge in [0.25, 0.3) is 0 Å². The van der Waals surface area contributed by atoms with Crippen molar-refractivity contribution in [3.63, 3.8) is 0 Å². The van der Waals surface area contributed by atoms with Gasteiger partial charge >= 0.3 is 0 Å². The van der Waals surface area contributed by atoms with Crippen molar-refractivity contribution >= 4 is 0 Å². The molecule has 1 fully saturated rings. The summed E-state index contributed by atoms with van der Waals surface area (Å²) in [5.74, 6) is 0. The molecule has 4 atom stereocenters. The summed E-state index contributed by atoms with van der Waals surface area (Å²) < 4.78 is 0. The Labute approximate surface area is 156 Å². The molecule has 4 N–H and O–H groups in total. The molecule has 0 amide bonds. The van der Waals surface area contributed by atoms with Gasteiger partial charge < -0.3 is 0 Å². The number of rotatable bonds is 0. The lowest BCUT2D eigenvalue weighted by molar-refractivity contribution is 0.241. The third-order valence-electron chi connectivity index (χ3n) is 5.52. The van der Waals surface area contributed by atoms with Crippen LogP contribution in [-0.2, 0) is 0 Å². The number of nitrogens with one attached hydrogen (secondary N) is 4. The monoisotopic (exact) mass is 356 g/mol. The van der Waals surface area contributed by atoms with Crippen LogP contribution in [0.3, 0.4) is 0 Å². The Morgan fingerprint density at radius 3 is 0.846 bits per heavy atom. The standard InChI is InChI=1S/C18H28N8/c1-15(11-19)16(2,12-20)24-8-6-10-26-18(4,14-22)17(3,13-21)25-9-5-7-23-15/h23-26H,5-10H2,1-4H3. The topological polar surface area (TPSA) is 143 Å². The largest absolute Gasteiger partial charge is 0.297 e. The third kappa shape index (κ3) is 4.13.